The molecule has 0 saturated heterocycles. The van der Waals surface area contributed by atoms with Crippen LogP contribution in [0.3, 0.4) is 0 Å². The molecule has 2 atom stereocenters. The maximum absolute atomic E-state index is 12.8. The predicted octanol–water partition coefficient (Wildman–Crippen LogP) is 0.149. The Hall–Kier alpha value is -1.73. The second-order valence-electron chi connectivity index (χ2n) is 3.05. The highest BCUT2D eigenvalue weighted by Crippen LogP contribution is 2.28. The first-order valence-electron chi connectivity index (χ1n) is 4.11. The van der Waals surface area contributed by atoms with Crippen LogP contribution in [0.4, 0.5) is 8.78 Å². The fourth-order valence-electron chi connectivity index (χ4n) is 1.09. The number of phenolic OH excluding ortho intramolecular Hbond substituents is 1. The molecule has 0 aromatic heterocycles. The summed E-state index contributed by atoms with van der Waals surface area (Å²) in [5.74, 6) is -5.31. The lowest BCUT2D eigenvalue weighted by Crippen LogP contribution is -2.27. The quantitative estimate of drug-likeness (QED) is 0.596. The van der Waals surface area contributed by atoms with Gasteiger partial charge in [-0.1, -0.05) is 0 Å². The summed E-state index contributed by atoms with van der Waals surface area (Å²) >= 11 is 0. The number of carbonyl (C=O) groups is 1. The van der Waals surface area contributed by atoms with Crippen LogP contribution in [0.1, 0.15) is 11.7 Å². The van der Waals surface area contributed by atoms with E-state index in [4.69, 9.17) is 15.3 Å². The Morgan fingerprint density at radius 2 is 1.69 bits per heavy atom. The molecular formula is C9H8F2O5. The van der Waals surface area contributed by atoms with Gasteiger partial charge < -0.3 is 20.4 Å². The van der Waals surface area contributed by atoms with Crippen molar-refractivity contribution < 1.29 is 34.0 Å². The number of halogens is 2. The molecule has 0 spiro atoms. The third-order valence-corrected chi connectivity index (χ3v) is 1.94. The first kappa shape index (κ1) is 12.3. The number of aliphatic carboxylic acids is 1. The smallest absolute Gasteiger partial charge is 0.335 e. The first-order valence-corrected chi connectivity index (χ1v) is 4.11. The lowest BCUT2D eigenvalue weighted by atomic mass is 10.0. The number of carboxylic acids is 1. The van der Waals surface area contributed by atoms with E-state index in [1.807, 2.05) is 0 Å². The SMILES string of the molecule is O=C(O)C(O)C(O)c1cc(F)c(F)cc1O. The summed E-state index contributed by atoms with van der Waals surface area (Å²) in [6.07, 6.45) is -4.29. The minimum absolute atomic E-state index is 0.377. The predicted molar refractivity (Wildman–Crippen MR) is 46.6 cm³/mol. The second kappa shape index (κ2) is 4.42. The summed E-state index contributed by atoms with van der Waals surface area (Å²) in [7, 11) is 0. The van der Waals surface area contributed by atoms with E-state index in [0.29, 0.717) is 12.1 Å². The van der Waals surface area contributed by atoms with Crippen molar-refractivity contribution in [3.8, 4) is 5.75 Å². The zero-order chi connectivity index (χ0) is 12.5. The van der Waals surface area contributed by atoms with Crippen LogP contribution in [0.15, 0.2) is 12.1 Å². The Bertz CT molecular complexity index is 421. The van der Waals surface area contributed by atoms with Crippen molar-refractivity contribution in [2.75, 3.05) is 0 Å². The van der Waals surface area contributed by atoms with Crippen LogP contribution in [0.5, 0.6) is 5.75 Å². The van der Waals surface area contributed by atoms with E-state index in [0.717, 1.165) is 0 Å². The van der Waals surface area contributed by atoms with Gasteiger partial charge in [0, 0.05) is 11.6 Å². The largest absolute Gasteiger partial charge is 0.507 e. The maximum atomic E-state index is 12.8. The van der Waals surface area contributed by atoms with Gasteiger partial charge in [0.05, 0.1) is 0 Å². The van der Waals surface area contributed by atoms with Crippen molar-refractivity contribution in [3.63, 3.8) is 0 Å². The molecule has 1 aromatic rings. The van der Waals surface area contributed by atoms with Gasteiger partial charge in [0.15, 0.2) is 17.7 Å². The molecule has 1 aromatic carbocycles. The fourth-order valence-corrected chi connectivity index (χ4v) is 1.09. The molecule has 0 fully saturated rings. The number of aliphatic hydroxyl groups is 2. The molecule has 1 rings (SSSR count). The van der Waals surface area contributed by atoms with E-state index in [2.05, 4.69) is 0 Å². The number of rotatable bonds is 3. The van der Waals surface area contributed by atoms with Crippen LogP contribution in [-0.4, -0.2) is 32.5 Å². The number of hydrogen-bond donors (Lipinski definition) is 4. The van der Waals surface area contributed by atoms with Crippen molar-refractivity contribution in [2.24, 2.45) is 0 Å². The molecule has 0 heterocycles. The van der Waals surface area contributed by atoms with Crippen LogP contribution in [0.25, 0.3) is 0 Å². The van der Waals surface area contributed by atoms with E-state index in [9.17, 15) is 18.7 Å². The van der Waals surface area contributed by atoms with Crippen LogP contribution >= 0.6 is 0 Å². The van der Waals surface area contributed by atoms with Gasteiger partial charge in [-0.05, 0) is 6.07 Å². The summed E-state index contributed by atoms with van der Waals surface area (Å²) in [6, 6.07) is 0.796. The zero-order valence-electron chi connectivity index (χ0n) is 7.76. The molecule has 0 saturated carbocycles. The topological polar surface area (TPSA) is 98.0 Å². The number of benzene rings is 1. The molecule has 0 bridgehead atoms. The molecular weight excluding hydrogens is 226 g/mol. The lowest BCUT2D eigenvalue weighted by molar-refractivity contribution is -0.153. The van der Waals surface area contributed by atoms with E-state index in [-0.39, 0.29) is 0 Å². The number of hydrogen-bond acceptors (Lipinski definition) is 4. The average Bonchev–Trinajstić information content (AvgIpc) is 2.21. The molecule has 0 aliphatic carbocycles. The number of aromatic hydroxyl groups is 1. The highest BCUT2D eigenvalue weighted by atomic mass is 19.2. The molecule has 0 aliphatic heterocycles. The van der Waals surface area contributed by atoms with Crippen LogP contribution in [0, 0.1) is 11.6 Å². The molecule has 88 valence electrons. The summed E-state index contributed by atoms with van der Waals surface area (Å²) in [5.41, 5.74) is -0.603. The van der Waals surface area contributed by atoms with Crippen molar-refractivity contribution >= 4 is 5.97 Å². The summed E-state index contributed by atoms with van der Waals surface area (Å²) in [4.78, 5) is 10.3. The minimum Gasteiger partial charge on any atom is -0.507 e. The highest BCUT2D eigenvalue weighted by Gasteiger charge is 2.28. The van der Waals surface area contributed by atoms with Crippen molar-refractivity contribution in [2.45, 2.75) is 12.2 Å². The zero-order valence-corrected chi connectivity index (χ0v) is 7.76. The van der Waals surface area contributed by atoms with Crippen molar-refractivity contribution in [1.82, 2.24) is 0 Å². The van der Waals surface area contributed by atoms with Crippen LogP contribution < -0.4 is 0 Å². The highest BCUT2D eigenvalue weighted by molar-refractivity contribution is 5.73. The Balaban J connectivity index is 3.13. The monoisotopic (exact) mass is 234 g/mol. The molecule has 4 N–H and O–H groups in total. The van der Waals surface area contributed by atoms with Gasteiger partial charge in [0.1, 0.15) is 11.9 Å². The molecule has 7 heteroatoms. The molecule has 2 unspecified atom stereocenters. The Kier molecular flexibility index (Phi) is 3.41. The van der Waals surface area contributed by atoms with Gasteiger partial charge in [0.2, 0.25) is 0 Å². The Morgan fingerprint density at radius 1 is 1.19 bits per heavy atom. The Morgan fingerprint density at radius 3 is 2.19 bits per heavy atom. The van der Waals surface area contributed by atoms with Gasteiger partial charge in [-0.2, -0.15) is 0 Å². The number of phenols is 1. The molecule has 16 heavy (non-hydrogen) atoms. The standard InChI is InChI=1S/C9H8F2O5/c10-4-1-3(6(12)2-5(4)11)7(13)8(14)9(15)16/h1-2,7-8,12-14H,(H,15,16). The lowest BCUT2D eigenvalue weighted by Gasteiger charge is -2.15. The van der Waals surface area contributed by atoms with Gasteiger partial charge in [0.25, 0.3) is 0 Å². The van der Waals surface area contributed by atoms with Crippen LogP contribution in [0.2, 0.25) is 0 Å². The third kappa shape index (κ3) is 2.26. The van der Waals surface area contributed by atoms with Crippen molar-refractivity contribution in [1.29, 1.82) is 0 Å². The van der Waals surface area contributed by atoms with E-state index in [1.165, 1.54) is 0 Å². The summed E-state index contributed by atoms with van der Waals surface area (Å²) < 4.78 is 25.3. The van der Waals surface area contributed by atoms with Gasteiger partial charge in [-0.15, -0.1) is 0 Å². The van der Waals surface area contributed by atoms with Gasteiger partial charge in [-0.25, -0.2) is 13.6 Å². The fraction of sp³-hybridized carbons (Fsp3) is 0.222. The number of aliphatic hydroxyl groups excluding tert-OH is 2. The molecule has 0 radical (unpaired) electrons. The summed E-state index contributed by atoms with van der Waals surface area (Å²) in [5, 5.41) is 35.7. The molecule has 5 nitrogen and oxygen atoms in total. The van der Waals surface area contributed by atoms with E-state index in [1.54, 1.807) is 0 Å². The number of carboxylic acid groups (broad SMARTS) is 1. The molecule has 0 amide bonds. The first-order chi connectivity index (χ1) is 7.34. The second-order valence-corrected chi connectivity index (χ2v) is 3.05. The molecule has 0 aliphatic rings. The Labute approximate surface area is 88.2 Å². The van der Waals surface area contributed by atoms with E-state index < -0.39 is 41.1 Å². The van der Waals surface area contributed by atoms with Gasteiger partial charge >= 0.3 is 5.97 Å². The summed E-state index contributed by atoms with van der Waals surface area (Å²) in [6.45, 7) is 0. The minimum atomic E-state index is -2.24. The average molecular weight is 234 g/mol. The van der Waals surface area contributed by atoms with E-state index >= 15 is 0 Å². The normalized spacial score (nSPS) is 14.5. The third-order valence-electron chi connectivity index (χ3n) is 1.94. The van der Waals surface area contributed by atoms with Gasteiger partial charge in [-0.3, -0.25) is 0 Å². The maximum Gasteiger partial charge on any atom is 0.335 e. The van der Waals surface area contributed by atoms with Crippen molar-refractivity contribution in [3.05, 3.63) is 29.3 Å². The van der Waals surface area contributed by atoms with Crippen LogP contribution in [-0.2, 0) is 4.79 Å².